The normalized spacial score (nSPS) is 21.8. The van der Waals surface area contributed by atoms with Crippen molar-refractivity contribution >= 4 is 12.2 Å². The maximum Gasteiger partial charge on any atom is 0.199 e. The highest BCUT2D eigenvalue weighted by molar-refractivity contribution is 7.71. The van der Waals surface area contributed by atoms with Crippen LogP contribution in [0.3, 0.4) is 0 Å². The molecule has 0 saturated carbocycles. The highest BCUT2D eigenvalue weighted by atomic mass is 32.1. The molecule has 7 heteroatoms. The fourth-order valence-electron chi connectivity index (χ4n) is 2.88. The molecular weight excluding hydrogens is 322 g/mol. The molecule has 2 aromatic rings. The third-order valence-electron chi connectivity index (χ3n) is 4.21. The van der Waals surface area contributed by atoms with Gasteiger partial charge in [-0.2, -0.15) is 5.10 Å². The van der Waals surface area contributed by atoms with Crippen molar-refractivity contribution in [2.75, 3.05) is 13.2 Å². The van der Waals surface area contributed by atoms with Gasteiger partial charge in [-0.1, -0.05) is 6.08 Å². The van der Waals surface area contributed by atoms with E-state index in [0.29, 0.717) is 24.0 Å². The van der Waals surface area contributed by atoms with Gasteiger partial charge in [0.25, 0.3) is 0 Å². The zero-order valence-electron chi connectivity index (χ0n) is 14.1. The molecule has 2 aromatic heterocycles. The lowest BCUT2D eigenvalue weighted by Crippen LogP contribution is -2.47. The summed E-state index contributed by atoms with van der Waals surface area (Å²) in [7, 11) is 0. The van der Waals surface area contributed by atoms with Crippen LogP contribution >= 0.6 is 12.2 Å². The molecule has 1 saturated heterocycles. The molecule has 0 bridgehead atoms. The Hall–Kier alpha value is -1.83. The van der Waals surface area contributed by atoms with Crippen molar-refractivity contribution in [2.45, 2.75) is 39.2 Å². The largest absolute Gasteiger partial charge is 0.376 e. The Kier molecular flexibility index (Phi) is 5.23. The Morgan fingerprint density at radius 1 is 1.46 bits per heavy atom. The van der Waals surface area contributed by atoms with Crippen molar-refractivity contribution in [2.24, 2.45) is 0 Å². The van der Waals surface area contributed by atoms with E-state index >= 15 is 0 Å². The minimum absolute atomic E-state index is 0.225. The van der Waals surface area contributed by atoms with Gasteiger partial charge >= 0.3 is 0 Å². The first kappa shape index (κ1) is 17.0. The van der Waals surface area contributed by atoms with Gasteiger partial charge in [-0.3, -0.25) is 14.5 Å². The van der Waals surface area contributed by atoms with Crippen LogP contribution in [0.2, 0.25) is 0 Å². The van der Waals surface area contributed by atoms with Gasteiger partial charge in [0.2, 0.25) is 0 Å². The average molecular weight is 345 g/mol. The SMILES string of the molecule is C=CCn1c(-c2cccnc2)nn(CN2CC(C)OCC2C)c1=S. The molecule has 0 aromatic carbocycles. The molecule has 2 unspecified atom stereocenters. The first-order valence-corrected chi connectivity index (χ1v) is 8.55. The molecule has 1 aliphatic rings. The van der Waals surface area contributed by atoms with Crippen molar-refractivity contribution in [3.8, 4) is 11.4 Å². The monoisotopic (exact) mass is 345 g/mol. The van der Waals surface area contributed by atoms with Crippen molar-refractivity contribution in [1.29, 1.82) is 0 Å². The van der Waals surface area contributed by atoms with E-state index in [1.54, 1.807) is 12.4 Å². The van der Waals surface area contributed by atoms with Crippen molar-refractivity contribution in [3.05, 3.63) is 42.0 Å². The molecule has 3 heterocycles. The van der Waals surface area contributed by atoms with Crippen LogP contribution in [-0.2, 0) is 18.0 Å². The van der Waals surface area contributed by atoms with E-state index in [1.165, 1.54) is 0 Å². The molecular formula is C17H23N5OS. The summed E-state index contributed by atoms with van der Waals surface area (Å²) < 4.78 is 10.3. The van der Waals surface area contributed by atoms with E-state index < -0.39 is 0 Å². The highest BCUT2D eigenvalue weighted by Gasteiger charge is 2.24. The second-order valence-electron chi connectivity index (χ2n) is 6.15. The van der Waals surface area contributed by atoms with Crippen LogP contribution in [0.5, 0.6) is 0 Å². The first-order chi connectivity index (χ1) is 11.6. The number of hydrogen-bond donors (Lipinski definition) is 0. The fraction of sp³-hybridized carbons (Fsp3) is 0.471. The van der Waals surface area contributed by atoms with E-state index in [9.17, 15) is 0 Å². The molecule has 3 rings (SSSR count). The molecule has 2 atom stereocenters. The molecule has 128 valence electrons. The van der Waals surface area contributed by atoms with Crippen LogP contribution in [0, 0.1) is 4.77 Å². The predicted molar refractivity (Wildman–Crippen MR) is 96.1 cm³/mol. The number of hydrogen-bond acceptors (Lipinski definition) is 5. The highest BCUT2D eigenvalue weighted by Crippen LogP contribution is 2.19. The molecule has 1 fully saturated rings. The predicted octanol–water partition coefficient (Wildman–Crippen LogP) is 2.73. The van der Waals surface area contributed by atoms with E-state index in [-0.39, 0.29) is 6.10 Å². The average Bonchev–Trinajstić information content (AvgIpc) is 2.89. The van der Waals surface area contributed by atoms with Crippen molar-refractivity contribution in [1.82, 2.24) is 24.2 Å². The van der Waals surface area contributed by atoms with E-state index in [2.05, 4.69) is 30.3 Å². The zero-order chi connectivity index (χ0) is 17.1. The maximum atomic E-state index is 5.70. The number of rotatable bonds is 5. The minimum Gasteiger partial charge on any atom is -0.376 e. The summed E-state index contributed by atoms with van der Waals surface area (Å²) in [5.74, 6) is 0.821. The minimum atomic E-state index is 0.225. The summed E-state index contributed by atoms with van der Waals surface area (Å²) in [5.41, 5.74) is 0.951. The van der Waals surface area contributed by atoms with Crippen molar-refractivity contribution in [3.63, 3.8) is 0 Å². The van der Waals surface area contributed by atoms with E-state index in [1.807, 2.05) is 27.5 Å². The van der Waals surface area contributed by atoms with Gasteiger partial charge in [0.05, 0.1) is 19.4 Å². The lowest BCUT2D eigenvalue weighted by molar-refractivity contribution is -0.0625. The molecule has 0 spiro atoms. The summed E-state index contributed by atoms with van der Waals surface area (Å²) in [5, 5.41) is 4.76. The van der Waals surface area contributed by atoms with Crippen LogP contribution in [0.4, 0.5) is 0 Å². The van der Waals surface area contributed by atoms with E-state index in [4.69, 9.17) is 22.1 Å². The molecule has 0 N–H and O–H groups in total. The van der Waals surface area contributed by atoms with Crippen LogP contribution < -0.4 is 0 Å². The van der Waals surface area contributed by atoms with Gasteiger partial charge in [0.15, 0.2) is 10.6 Å². The summed E-state index contributed by atoms with van der Waals surface area (Å²) in [6.07, 6.45) is 5.62. The summed E-state index contributed by atoms with van der Waals surface area (Å²) in [4.78, 5) is 6.54. The van der Waals surface area contributed by atoms with Gasteiger partial charge < -0.3 is 4.74 Å². The number of allylic oxidation sites excluding steroid dienone is 1. The van der Waals surface area contributed by atoms with Gasteiger partial charge in [-0.25, -0.2) is 4.68 Å². The Morgan fingerprint density at radius 3 is 3.00 bits per heavy atom. The summed E-state index contributed by atoms with van der Waals surface area (Å²) >= 11 is 5.65. The van der Waals surface area contributed by atoms with Crippen LogP contribution in [0.1, 0.15) is 13.8 Å². The summed E-state index contributed by atoms with van der Waals surface area (Å²) in [6.45, 7) is 11.0. The van der Waals surface area contributed by atoms with Gasteiger partial charge in [0.1, 0.15) is 0 Å². The molecule has 1 aliphatic heterocycles. The molecule has 24 heavy (non-hydrogen) atoms. The smallest absolute Gasteiger partial charge is 0.199 e. The Balaban J connectivity index is 1.94. The first-order valence-electron chi connectivity index (χ1n) is 8.14. The van der Waals surface area contributed by atoms with Gasteiger partial charge in [-0.05, 0) is 38.2 Å². The standard InChI is InChI=1S/C17H23N5OS/c1-4-8-21-16(15-6-5-7-18-9-15)19-22(17(21)24)12-20-10-14(3)23-11-13(20)2/h4-7,9,13-14H,1,8,10-12H2,2-3H3. The lowest BCUT2D eigenvalue weighted by atomic mass is 10.2. The number of morpholine rings is 1. The second-order valence-corrected chi connectivity index (χ2v) is 6.52. The van der Waals surface area contributed by atoms with Gasteiger partial charge in [0, 0.05) is 37.1 Å². The van der Waals surface area contributed by atoms with Crippen molar-refractivity contribution < 1.29 is 4.74 Å². The Labute approximate surface area is 147 Å². The third-order valence-corrected chi connectivity index (χ3v) is 4.64. The fourth-order valence-corrected chi connectivity index (χ4v) is 3.14. The van der Waals surface area contributed by atoms with Gasteiger partial charge in [-0.15, -0.1) is 6.58 Å². The molecule has 0 amide bonds. The Morgan fingerprint density at radius 2 is 2.29 bits per heavy atom. The summed E-state index contributed by atoms with van der Waals surface area (Å²) in [6, 6.07) is 4.24. The third kappa shape index (κ3) is 3.48. The maximum absolute atomic E-state index is 5.70. The number of nitrogens with zero attached hydrogens (tertiary/aromatic N) is 5. The van der Waals surface area contributed by atoms with E-state index in [0.717, 1.165) is 24.5 Å². The Bertz CT molecular complexity index is 754. The quantitative estimate of drug-likeness (QED) is 0.616. The number of ether oxygens (including phenoxy) is 1. The second kappa shape index (κ2) is 7.38. The number of pyridine rings is 1. The molecule has 0 aliphatic carbocycles. The molecule has 0 radical (unpaired) electrons. The van der Waals surface area contributed by atoms with Crippen LogP contribution in [-0.4, -0.2) is 49.5 Å². The topological polar surface area (TPSA) is 48.1 Å². The van der Waals surface area contributed by atoms with Crippen LogP contribution in [0.25, 0.3) is 11.4 Å². The number of aromatic nitrogens is 4. The molecule has 6 nitrogen and oxygen atoms in total. The zero-order valence-corrected chi connectivity index (χ0v) is 14.9. The lowest BCUT2D eigenvalue weighted by Gasteiger charge is -2.36. The van der Waals surface area contributed by atoms with Crippen LogP contribution in [0.15, 0.2) is 37.2 Å².